The van der Waals surface area contributed by atoms with Crippen molar-refractivity contribution in [3.05, 3.63) is 40.5 Å². The third-order valence-corrected chi connectivity index (χ3v) is 4.66. The molecule has 19 heavy (non-hydrogen) atoms. The summed E-state index contributed by atoms with van der Waals surface area (Å²) >= 11 is 3.35. The first-order valence-electron chi connectivity index (χ1n) is 5.47. The van der Waals surface area contributed by atoms with Crippen molar-refractivity contribution < 1.29 is 8.42 Å². The molecule has 0 aliphatic heterocycles. The number of hydrogen-bond acceptors (Lipinski definition) is 4. The molecule has 6 nitrogen and oxygen atoms in total. The van der Waals surface area contributed by atoms with Crippen LogP contribution in [0.25, 0.3) is 0 Å². The minimum Gasteiger partial charge on any atom is -0.383 e. The summed E-state index contributed by atoms with van der Waals surface area (Å²) in [5.74, 6) is 0.0222. The van der Waals surface area contributed by atoms with E-state index in [1.165, 1.54) is 6.20 Å². The van der Waals surface area contributed by atoms with Crippen LogP contribution in [0, 0.1) is 0 Å². The quantitative estimate of drug-likeness (QED) is 0.786. The van der Waals surface area contributed by atoms with Gasteiger partial charge < -0.3 is 5.73 Å². The lowest BCUT2D eigenvalue weighted by atomic mass is 10.1. The van der Waals surface area contributed by atoms with Crippen LogP contribution in [0.2, 0.25) is 0 Å². The van der Waals surface area contributed by atoms with Crippen molar-refractivity contribution in [3.8, 4) is 0 Å². The number of benzene rings is 1. The first-order valence-corrected chi connectivity index (χ1v) is 7.74. The van der Waals surface area contributed by atoms with Gasteiger partial charge in [-0.2, -0.15) is 5.10 Å². The Balaban J connectivity index is 2.24. The maximum atomic E-state index is 12.1. The second-order valence-electron chi connectivity index (χ2n) is 4.05. The summed E-state index contributed by atoms with van der Waals surface area (Å²) in [7, 11) is -3.69. The van der Waals surface area contributed by atoms with Crippen LogP contribution in [0.3, 0.4) is 0 Å². The van der Waals surface area contributed by atoms with Gasteiger partial charge in [0.15, 0.2) is 0 Å². The average molecular weight is 345 g/mol. The zero-order valence-electron chi connectivity index (χ0n) is 10.1. The highest BCUT2D eigenvalue weighted by Crippen LogP contribution is 2.21. The van der Waals surface area contributed by atoms with Crippen molar-refractivity contribution in [2.45, 2.75) is 17.9 Å². The van der Waals surface area contributed by atoms with E-state index in [1.807, 2.05) is 24.3 Å². The van der Waals surface area contributed by atoms with Crippen LogP contribution in [0.4, 0.5) is 5.82 Å². The number of nitrogen functional groups attached to an aromatic ring is 1. The number of aromatic amines is 1. The number of nitrogens with zero attached hydrogens (tertiary/aromatic N) is 1. The van der Waals surface area contributed by atoms with Gasteiger partial charge in [0.25, 0.3) is 0 Å². The van der Waals surface area contributed by atoms with Crippen molar-refractivity contribution in [1.82, 2.24) is 14.9 Å². The van der Waals surface area contributed by atoms with Crippen molar-refractivity contribution >= 4 is 31.8 Å². The Morgan fingerprint density at radius 1 is 1.47 bits per heavy atom. The van der Waals surface area contributed by atoms with Crippen LogP contribution in [0.1, 0.15) is 18.5 Å². The monoisotopic (exact) mass is 344 g/mol. The molecule has 0 aliphatic rings. The number of H-pyrrole nitrogens is 1. The zero-order chi connectivity index (χ0) is 14.0. The molecular formula is C11H13BrN4O2S. The molecule has 1 unspecified atom stereocenters. The number of aromatic nitrogens is 2. The summed E-state index contributed by atoms with van der Waals surface area (Å²) in [4.78, 5) is -0.0469. The van der Waals surface area contributed by atoms with Gasteiger partial charge in [0, 0.05) is 10.5 Å². The zero-order valence-corrected chi connectivity index (χ0v) is 12.5. The molecule has 8 heteroatoms. The Hall–Kier alpha value is -1.38. The molecule has 0 aliphatic carbocycles. The predicted octanol–water partition coefficient (Wildman–Crippen LogP) is 1.79. The maximum absolute atomic E-state index is 12.1. The van der Waals surface area contributed by atoms with E-state index in [4.69, 9.17) is 5.73 Å². The molecule has 0 radical (unpaired) electrons. The van der Waals surface area contributed by atoms with Crippen LogP contribution in [0.5, 0.6) is 0 Å². The molecule has 1 heterocycles. The summed E-state index contributed by atoms with van der Waals surface area (Å²) in [6, 6.07) is 7.04. The molecule has 0 bridgehead atoms. The van der Waals surface area contributed by atoms with Crippen LogP contribution in [-0.2, 0) is 10.0 Å². The van der Waals surface area contributed by atoms with Crippen molar-refractivity contribution in [3.63, 3.8) is 0 Å². The van der Waals surface area contributed by atoms with Crippen LogP contribution in [-0.4, -0.2) is 18.6 Å². The minimum atomic E-state index is -3.69. The van der Waals surface area contributed by atoms with Gasteiger partial charge in [0.2, 0.25) is 10.0 Å². The molecule has 2 rings (SSSR count). The van der Waals surface area contributed by atoms with Gasteiger partial charge in [-0.3, -0.25) is 5.10 Å². The lowest BCUT2D eigenvalue weighted by molar-refractivity contribution is 0.567. The van der Waals surface area contributed by atoms with Gasteiger partial charge in [-0.05, 0) is 24.6 Å². The summed E-state index contributed by atoms with van der Waals surface area (Å²) in [5, 5.41) is 6.00. The van der Waals surface area contributed by atoms with Crippen molar-refractivity contribution in [2.75, 3.05) is 5.73 Å². The van der Waals surface area contributed by atoms with Gasteiger partial charge in [0.1, 0.15) is 10.7 Å². The van der Waals surface area contributed by atoms with E-state index in [2.05, 4.69) is 30.8 Å². The molecule has 1 atom stereocenters. The van der Waals surface area contributed by atoms with Gasteiger partial charge in [-0.25, -0.2) is 13.1 Å². The fraction of sp³-hybridized carbons (Fsp3) is 0.182. The van der Waals surface area contributed by atoms with Crippen LogP contribution >= 0.6 is 15.9 Å². The molecule has 0 fully saturated rings. The average Bonchev–Trinajstić information content (AvgIpc) is 2.75. The van der Waals surface area contributed by atoms with Gasteiger partial charge >= 0.3 is 0 Å². The Morgan fingerprint density at radius 2 is 2.21 bits per heavy atom. The largest absolute Gasteiger partial charge is 0.383 e. The number of anilines is 1. The smallest absolute Gasteiger partial charge is 0.246 e. The highest BCUT2D eigenvalue weighted by atomic mass is 79.9. The van der Waals surface area contributed by atoms with E-state index in [1.54, 1.807) is 6.92 Å². The van der Waals surface area contributed by atoms with E-state index in [9.17, 15) is 8.42 Å². The van der Waals surface area contributed by atoms with Crippen LogP contribution < -0.4 is 10.5 Å². The molecule has 2 aromatic rings. The van der Waals surface area contributed by atoms with E-state index in [-0.39, 0.29) is 16.8 Å². The molecule has 102 valence electrons. The minimum absolute atomic E-state index is 0.0222. The van der Waals surface area contributed by atoms with Crippen molar-refractivity contribution in [2.24, 2.45) is 0 Å². The first kappa shape index (κ1) is 14.0. The summed E-state index contributed by atoms with van der Waals surface area (Å²) < 4.78 is 27.7. The number of nitrogens with two attached hydrogens (primary N) is 1. The van der Waals surface area contributed by atoms with Gasteiger partial charge in [0.05, 0.1) is 6.20 Å². The van der Waals surface area contributed by atoms with E-state index >= 15 is 0 Å². The molecular weight excluding hydrogens is 332 g/mol. The maximum Gasteiger partial charge on any atom is 0.246 e. The molecule has 0 saturated heterocycles. The molecule has 1 aromatic carbocycles. The molecule has 0 saturated carbocycles. The number of sulfonamides is 1. The molecule has 4 N–H and O–H groups in total. The summed E-state index contributed by atoms with van der Waals surface area (Å²) in [5.41, 5.74) is 6.37. The highest BCUT2D eigenvalue weighted by Gasteiger charge is 2.22. The second-order valence-corrected chi connectivity index (χ2v) is 6.64. The Morgan fingerprint density at radius 3 is 2.79 bits per heavy atom. The Kier molecular flexibility index (Phi) is 3.93. The third kappa shape index (κ3) is 3.14. The van der Waals surface area contributed by atoms with Gasteiger partial charge in [-0.1, -0.05) is 28.1 Å². The van der Waals surface area contributed by atoms with Crippen molar-refractivity contribution in [1.29, 1.82) is 0 Å². The topological polar surface area (TPSA) is 101 Å². The lowest BCUT2D eigenvalue weighted by Gasteiger charge is -2.14. The number of hydrogen-bond donors (Lipinski definition) is 3. The SMILES string of the molecule is CC(NS(=O)(=O)c1cn[nH]c1N)c1cccc(Br)c1. The summed E-state index contributed by atoms with van der Waals surface area (Å²) in [6.07, 6.45) is 1.19. The molecule has 1 aromatic heterocycles. The number of nitrogens with one attached hydrogen (secondary N) is 2. The normalized spacial score (nSPS) is 13.4. The second kappa shape index (κ2) is 5.32. The first-order chi connectivity index (χ1) is 8.90. The lowest BCUT2D eigenvalue weighted by Crippen LogP contribution is -2.27. The highest BCUT2D eigenvalue weighted by molar-refractivity contribution is 9.10. The number of halogens is 1. The predicted molar refractivity (Wildman–Crippen MR) is 75.9 cm³/mol. The molecule has 0 amide bonds. The third-order valence-electron chi connectivity index (χ3n) is 2.60. The van der Waals surface area contributed by atoms with Crippen LogP contribution in [0.15, 0.2) is 39.8 Å². The standard InChI is InChI=1S/C11H13BrN4O2S/c1-7(8-3-2-4-9(12)5-8)16-19(17,18)10-6-14-15-11(10)13/h2-7,16H,1H3,(H3,13,14,15). The van der Waals surface area contributed by atoms with E-state index < -0.39 is 10.0 Å². The fourth-order valence-electron chi connectivity index (χ4n) is 1.64. The van der Waals surface area contributed by atoms with Gasteiger partial charge in [-0.15, -0.1) is 0 Å². The Bertz CT molecular complexity index is 684. The molecule has 0 spiro atoms. The summed E-state index contributed by atoms with van der Waals surface area (Å²) in [6.45, 7) is 1.76. The van der Waals surface area contributed by atoms with E-state index in [0.717, 1.165) is 10.0 Å². The fourth-order valence-corrected chi connectivity index (χ4v) is 3.31. The van der Waals surface area contributed by atoms with E-state index in [0.29, 0.717) is 0 Å². The number of rotatable bonds is 4. The Labute approximate surface area is 119 Å².